The van der Waals surface area contributed by atoms with Crippen molar-refractivity contribution in [2.24, 2.45) is 5.92 Å². The topological polar surface area (TPSA) is 39.7 Å². The van der Waals surface area contributed by atoms with Crippen LogP contribution in [-0.2, 0) is 14.2 Å². The first-order valence-electron chi connectivity index (χ1n) is 9.70. The van der Waals surface area contributed by atoms with Gasteiger partial charge in [0.1, 0.15) is 5.69 Å². The van der Waals surface area contributed by atoms with Crippen LogP contribution in [0.5, 0.6) is 0 Å². The maximum atomic E-state index is 13.9. The van der Waals surface area contributed by atoms with Crippen molar-refractivity contribution in [3.63, 3.8) is 0 Å². The molecule has 0 amide bonds. The summed E-state index contributed by atoms with van der Waals surface area (Å²) in [6, 6.07) is 0. The van der Waals surface area contributed by atoms with E-state index in [4.69, 9.17) is 14.2 Å². The molecule has 1 atom stereocenters. The molecular weight excluding hydrogens is 397 g/mol. The number of halogens is 5. The van der Waals surface area contributed by atoms with E-state index in [1.165, 1.54) is 21.3 Å². The first kappa shape index (κ1) is 25.6. The third-order valence-corrected chi connectivity index (χ3v) is 4.99. The summed E-state index contributed by atoms with van der Waals surface area (Å²) in [6.07, 6.45) is 6.57. The number of unbranched alkanes of at least 4 members (excludes halogenated alkanes) is 5. The number of ether oxygens (including phenoxy) is 3. The molecule has 0 aliphatic heterocycles. The molecule has 4 nitrogen and oxygen atoms in total. The number of benzene rings is 1. The fourth-order valence-electron chi connectivity index (χ4n) is 3.31. The standard InChI is InChI=1S/C20H30F5NO3/c1-5-6-7-8-9-10-11-13(20(27-2,28-3)29-4)12-26-19-17(24)15(22)14(21)16(23)18(19)25/h13,26H,5-12H2,1-4H3. The molecule has 1 unspecified atom stereocenters. The van der Waals surface area contributed by atoms with E-state index in [2.05, 4.69) is 12.2 Å². The van der Waals surface area contributed by atoms with Crippen LogP contribution < -0.4 is 5.32 Å². The third-order valence-electron chi connectivity index (χ3n) is 4.99. The van der Waals surface area contributed by atoms with Crippen molar-refractivity contribution in [1.29, 1.82) is 0 Å². The van der Waals surface area contributed by atoms with E-state index in [9.17, 15) is 22.0 Å². The number of methoxy groups -OCH3 is 3. The summed E-state index contributed by atoms with van der Waals surface area (Å²) in [5.74, 6) is -12.2. The predicted octanol–water partition coefficient (Wildman–Crippen LogP) is 5.75. The lowest BCUT2D eigenvalue weighted by Crippen LogP contribution is -2.47. The van der Waals surface area contributed by atoms with Crippen molar-refractivity contribution in [2.45, 2.75) is 57.8 Å². The third kappa shape index (κ3) is 6.26. The van der Waals surface area contributed by atoms with Gasteiger partial charge in [-0.1, -0.05) is 45.4 Å². The maximum absolute atomic E-state index is 13.9. The van der Waals surface area contributed by atoms with Gasteiger partial charge in [0.15, 0.2) is 23.3 Å². The molecule has 0 saturated carbocycles. The van der Waals surface area contributed by atoms with E-state index in [0.717, 1.165) is 38.5 Å². The van der Waals surface area contributed by atoms with Gasteiger partial charge in [-0.05, 0) is 6.42 Å². The van der Waals surface area contributed by atoms with Crippen molar-refractivity contribution in [1.82, 2.24) is 0 Å². The SMILES string of the molecule is CCCCCCCCC(CNc1c(F)c(F)c(F)c(F)c1F)C(OC)(OC)OC. The molecule has 0 bridgehead atoms. The van der Waals surface area contributed by atoms with Crippen LogP contribution in [-0.4, -0.2) is 33.8 Å². The van der Waals surface area contributed by atoms with Gasteiger partial charge in [0.05, 0.1) is 5.92 Å². The van der Waals surface area contributed by atoms with Gasteiger partial charge in [0.25, 0.3) is 5.97 Å². The van der Waals surface area contributed by atoms with Crippen LogP contribution in [0.4, 0.5) is 27.6 Å². The Morgan fingerprint density at radius 3 is 1.66 bits per heavy atom. The zero-order valence-corrected chi connectivity index (χ0v) is 17.3. The monoisotopic (exact) mass is 427 g/mol. The van der Waals surface area contributed by atoms with Crippen LogP contribution >= 0.6 is 0 Å². The van der Waals surface area contributed by atoms with Crippen molar-refractivity contribution < 1.29 is 36.2 Å². The zero-order chi connectivity index (χ0) is 22.0. The van der Waals surface area contributed by atoms with E-state index in [1.807, 2.05) is 0 Å². The molecule has 0 aromatic heterocycles. The lowest BCUT2D eigenvalue weighted by atomic mass is 9.97. The molecule has 1 N–H and O–H groups in total. The molecule has 1 aromatic rings. The second-order valence-electron chi connectivity index (χ2n) is 6.80. The van der Waals surface area contributed by atoms with Crippen LogP contribution in [0.25, 0.3) is 0 Å². The molecule has 0 saturated heterocycles. The molecule has 1 aromatic carbocycles. The van der Waals surface area contributed by atoms with Crippen molar-refractivity contribution >= 4 is 5.69 Å². The molecule has 0 spiro atoms. The molecule has 168 valence electrons. The lowest BCUT2D eigenvalue weighted by molar-refractivity contribution is -0.377. The predicted molar refractivity (Wildman–Crippen MR) is 100.0 cm³/mol. The molecular formula is C20H30F5NO3. The molecule has 1 rings (SSSR count). The largest absolute Gasteiger partial charge is 0.380 e. The van der Waals surface area contributed by atoms with Gasteiger partial charge in [-0.25, -0.2) is 22.0 Å². The van der Waals surface area contributed by atoms with Crippen molar-refractivity contribution in [3.05, 3.63) is 29.1 Å². The number of anilines is 1. The molecule has 0 fully saturated rings. The zero-order valence-electron chi connectivity index (χ0n) is 17.3. The average molecular weight is 427 g/mol. The number of nitrogens with one attached hydrogen (secondary N) is 1. The highest BCUT2D eigenvalue weighted by Crippen LogP contribution is 2.32. The Bertz CT molecular complexity index is 604. The maximum Gasteiger partial charge on any atom is 0.286 e. The molecule has 0 heterocycles. The lowest BCUT2D eigenvalue weighted by Gasteiger charge is -2.36. The normalized spacial score (nSPS) is 13.0. The summed E-state index contributed by atoms with van der Waals surface area (Å²) in [7, 11) is 4.04. The van der Waals surface area contributed by atoms with Gasteiger partial charge in [-0.15, -0.1) is 0 Å². The fourth-order valence-corrected chi connectivity index (χ4v) is 3.31. The van der Waals surface area contributed by atoms with Crippen LogP contribution in [0.3, 0.4) is 0 Å². The Morgan fingerprint density at radius 2 is 1.17 bits per heavy atom. The van der Waals surface area contributed by atoms with E-state index >= 15 is 0 Å². The number of hydrogen-bond donors (Lipinski definition) is 1. The summed E-state index contributed by atoms with van der Waals surface area (Å²) < 4.78 is 84.0. The minimum absolute atomic E-state index is 0.192. The van der Waals surface area contributed by atoms with Crippen LogP contribution in [0.1, 0.15) is 51.9 Å². The smallest absolute Gasteiger partial charge is 0.286 e. The highest BCUT2D eigenvalue weighted by Gasteiger charge is 2.40. The number of rotatable bonds is 14. The van der Waals surface area contributed by atoms with Gasteiger partial charge >= 0.3 is 0 Å². The Labute approximate surface area is 168 Å². The second-order valence-corrected chi connectivity index (χ2v) is 6.80. The minimum Gasteiger partial charge on any atom is -0.380 e. The number of hydrogen-bond acceptors (Lipinski definition) is 4. The minimum atomic E-state index is -2.20. The molecule has 0 radical (unpaired) electrons. The second kappa shape index (κ2) is 12.3. The summed E-state index contributed by atoms with van der Waals surface area (Å²) in [4.78, 5) is 0. The quantitative estimate of drug-likeness (QED) is 0.135. The average Bonchev–Trinajstić information content (AvgIpc) is 2.74. The van der Waals surface area contributed by atoms with E-state index in [1.54, 1.807) is 0 Å². The highest BCUT2D eigenvalue weighted by atomic mass is 19.2. The first-order valence-corrected chi connectivity index (χ1v) is 9.70. The van der Waals surface area contributed by atoms with Gasteiger partial charge in [-0.2, -0.15) is 0 Å². The summed E-state index contributed by atoms with van der Waals surface area (Å²) in [5, 5.41) is 2.32. The molecule has 9 heteroatoms. The van der Waals surface area contributed by atoms with E-state index in [-0.39, 0.29) is 6.54 Å². The Hall–Kier alpha value is -1.45. The molecule has 0 aliphatic carbocycles. The van der Waals surface area contributed by atoms with Crippen LogP contribution in [0.2, 0.25) is 0 Å². The molecule has 0 aliphatic rings. The molecule has 29 heavy (non-hydrogen) atoms. The van der Waals surface area contributed by atoms with Crippen LogP contribution in [0, 0.1) is 35.0 Å². The first-order chi connectivity index (χ1) is 13.8. The van der Waals surface area contributed by atoms with Gasteiger partial charge in [0, 0.05) is 27.9 Å². The highest BCUT2D eigenvalue weighted by molar-refractivity contribution is 5.47. The van der Waals surface area contributed by atoms with Crippen molar-refractivity contribution in [3.8, 4) is 0 Å². The Morgan fingerprint density at radius 1 is 0.724 bits per heavy atom. The van der Waals surface area contributed by atoms with Gasteiger partial charge in [-0.3, -0.25) is 0 Å². The van der Waals surface area contributed by atoms with Gasteiger partial charge in [0.2, 0.25) is 5.82 Å². The van der Waals surface area contributed by atoms with Crippen molar-refractivity contribution in [2.75, 3.05) is 33.2 Å². The van der Waals surface area contributed by atoms with E-state index < -0.39 is 46.7 Å². The summed E-state index contributed by atoms with van der Waals surface area (Å²) in [5.41, 5.74) is -1.09. The van der Waals surface area contributed by atoms with E-state index in [0.29, 0.717) is 6.42 Å². The Kier molecular flexibility index (Phi) is 10.8. The Balaban J connectivity index is 2.95. The van der Waals surface area contributed by atoms with Gasteiger partial charge < -0.3 is 19.5 Å². The summed E-state index contributed by atoms with van der Waals surface area (Å²) in [6.45, 7) is 1.92. The summed E-state index contributed by atoms with van der Waals surface area (Å²) >= 11 is 0. The fraction of sp³-hybridized carbons (Fsp3) is 0.700. The van der Waals surface area contributed by atoms with Crippen LogP contribution in [0.15, 0.2) is 0 Å².